The topological polar surface area (TPSA) is 49.4 Å². The maximum absolute atomic E-state index is 13.3. The average molecular weight is 370 g/mol. The first-order chi connectivity index (χ1) is 13.1. The van der Waals surface area contributed by atoms with Crippen LogP contribution >= 0.6 is 0 Å². The van der Waals surface area contributed by atoms with Crippen LogP contribution in [0.1, 0.15) is 63.4 Å². The molecule has 1 saturated heterocycles. The molecule has 2 amide bonds. The van der Waals surface area contributed by atoms with Gasteiger partial charge in [0.2, 0.25) is 11.8 Å². The summed E-state index contributed by atoms with van der Waals surface area (Å²) in [5.41, 5.74) is 1.24. The van der Waals surface area contributed by atoms with Gasteiger partial charge >= 0.3 is 0 Å². The van der Waals surface area contributed by atoms with Crippen molar-refractivity contribution in [3.8, 4) is 0 Å². The van der Waals surface area contributed by atoms with Crippen molar-refractivity contribution in [1.29, 1.82) is 0 Å². The van der Waals surface area contributed by atoms with E-state index in [9.17, 15) is 14.0 Å². The largest absolute Gasteiger partial charge is 0.351 e. The Hall–Kier alpha value is -2.17. The standard InChI is InChI=1S/C22H27FN2O2/c23-17-10-8-16(9-11-17)15-24-21(27)22-13-4-3-7-19(22)25(20(26)12-14-22)18-5-1-2-6-18/h7-11,18H,1-6,12-15H2,(H,24,27). The Bertz CT molecular complexity index is 752. The molecule has 1 aromatic carbocycles. The van der Waals surface area contributed by atoms with Crippen molar-refractivity contribution < 1.29 is 14.0 Å². The van der Waals surface area contributed by atoms with Gasteiger partial charge in [-0.05, 0) is 56.2 Å². The molecule has 1 aliphatic heterocycles. The lowest BCUT2D eigenvalue weighted by Crippen LogP contribution is -2.55. The number of piperidine rings is 1. The Morgan fingerprint density at radius 1 is 1.15 bits per heavy atom. The summed E-state index contributed by atoms with van der Waals surface area (Å²) in [5.74, 6) is -0.0931. The van der Waals surface area contributed by atoms with Crippen molar-refractivity contribution in [2.45, 2.75) is 70.4 Å². The molecule has 144 valence electrons. The number of hydrogen-bond acceptors (Lipinski definition) is 2. The number of benzene rings is 1. The van der Waals surface area contributed by atoms with E-state index in [0.717, 1.165) is 56.2 Å². The van der Waals surface area contributed by atoms with Crippen molar-refractivity contribution in [1.82, 2.24) is 10.2 Å². The van der Waals surface area contributed by atoms with Gasteiger partial charge in [-0.15, -0.1) is 0 Å². The Morgan fingerprint density at radius 2 is 1.89 bits per heavy atom. The number of nitrogens with zero attached hydrogens (tertiary/aromatic N) is 1. The summed E-state index contributed by atoms with van der Waals surface area (Å²) in [6.07, 6.45) is 10.3. The molecule has 1 atom stereocenters. The van der Waals surface area contributed by atoms with Crippen LogP contribution in [0.15, 0.2) is 36.0 Å². The van der Waals surface area contributed by atoms with Crippen molar-refractivity contribution in [2.24, 2.45) is 5.41 Å². The van der Waals surface area contributed by atoms with Gasteiger partial charge in [0.1, 0.15) is 5.82 Å². The number of allylic oxidation sites excluding steroid dienone is 1. The lowest BCUT2D eigenvalue weighted by Gasteiger charge is -2.48. The Kier molecular flexibility index (Phi) is 5.02. The molecule has 3 aliphatic rings. The van der Waals surface area contributed by atoms with E-state index in [1.165, 1.54) is 12.1 Å². The molecule has 27 heavy (non-hydrogen) atoms. The van der Waals surface area contributed by atoms with Crippen LogP contribution in [0.4, 0.5) is 4.39 Å². The number of halogens is 1. The lowest BCUT2D eigenvalue weighted by molar-refractivity contribution is -0.142. The number of amides is 2. The van der Waals surface area contributed by atoms with Crippen LogP contribution < -0.4 is 5.32 Å². The molecule has 1 aromatic rings. The molecular weight excluding hydrogens is 343 g/mol. The zero-order chi connectivity index (χ0) is 18.9. The second-order valence-corrected chi connectivity index (χ2v) is 8.07. The third kappa shape index (κ3) is 3.40. The number of hydrogen-bond donors (Lipinski definition) is 1. The first kappa shape index (κ1) is 18.2. The maximum atomic E-state index is 13.3. The van der Waals surface area contributed by atoms with Crippen LogP contribution in [0.5, 0.6) is 0 Å². The van der Waals surface area contributed by atoms with Crippen LogP contribution in [0.2, 0.25) is 0 Å². The minimum absolute atomic E-state index is 0.00766. The second-order valence-electron chi connectivity index (χ2n) is 8.07. The molecule has 4 rings (SSSR count). The number of fused-ring (bicyclic) bond motifs is 1. The van der Waals surface area contributed by atoms with E-state index in [1.54, 1.807) is 12.1 Å². The zero-order valence-corrected chi connectivity index (χ0v) is 15.7. The molecule has 1 saturated carbocycles. The molecule has 4 nitrogen and oxygen atoms in total. The molecular formula is C22H27FN2O2. The summed E-state index contributed by atoms with van der Waals surface area (Å²) in [6, 6.07) is 6.46. The van der Waals surface area contributed by atoms with Gasteiger partial charge in [-0.1, -0.05) is 31.1 Å². The number of rotatable bonds is 4. The Balaban J connectivity index is 1.55. The van der Waals surface area contributed by atoms with Gasteiger partial charge in [-0.25, -0.2) is 4.39 Å². The van der Waals surface area contributed by atoms with Gasteiger partial charge in [0, 0.05) is 24.7 Å². The molecule has 2 fully saturated rings. The SMILES string of the molecule is O=C1CCC2(C(=O)NCc3ccc(F)cc3)CCCC=C2N1C1CCCC1. The highest BCUT2D eigenvalue weighted by Gasteiger charge is 2.51. The van der Waals surface area contributed by atoms with E-state index in [-0.39, 0.29) is 23.7 Å². The third-order valence-corrected chi connectivity index (χ3v) is 6.42. The zero-order valence-electron chi connectivity index (χ0n) is 15.7. The monoisotopic (exact) mass is 370 g/mol. The first-order valence-electron chi connectivity index (χ1n) is 10.2. The molecule has 0 spiro atoms. The average Bonchev–Trinajstić information content (AvgIpc) is 3.21. The smallest absolute Gasteiger partial charge is 0.232 e. The summed E-state index contributed by atoms with van der Waals surface area (Å²) < 4.78 is 13.1. The molecule has 0 bridgehead atoms. The molecule has 5 heteroatoms. The normalized spacial score (nSPS) is 25.9. The number of carbonyl (C=O) groups excluding carboxylic acids is 2. The molecule has 1 heterocycles. The van der Waals surface area contributed by atoms with E-state index in [4.69, 9.17) is 0 Å². The van der Waals surface area contributed by atoms with Crippen LogP contribution in [0.25, 0.3) is 0 Å². The minimum atomic E-state index is -0.589. The summed E-state index contributed by atoms with van der Waals surface area (Å²) >= 11 is 0. The highest BCUT2D eigenvalue weighted by atomic mass is 19.1. The highest BCUT2D eigenvalue weighted by molar-refractivity contribution is 5.91. The van der Waals surface area contributed by atoms with Gasteiger partial charge in [-0.2, -0.15) is 0 Å². The fourth-order valence-corrected chi connectivity index (χ4v) is 4.98. The van der Waals surface area contributed by atoms with E-state index in [0.29, 0.717) is 19.4 Å². The number of nitrogens with one attached hydrogen (secondary N) is 1. The maximum Gasteiger partial charge on any atom is 0.232 e. The van der Waals surface area contributed by atoms with Crippen LogP contribution in [-0.4, -0.2) is 22.8 Å². The molecule has 1 unspecified atom stereocenters. The molecule has 0 radical (unpaired) electrons. The van der Waals surface area contributed by atoms with Gasteiger partial charge < -0.3 is 10.2 Å². The van der Waals surface area contributed by atoms with Crippen LogP contribution in [0.3, 0.4) is 0 Å². The summed E-state index contributed by atoms with van der Waals surface area (Å²) in [4.78, 5) is 28.0. The van der Waals surface area contributed by atoms with E-state index >= 15 is 0 Å². The predicted molar refractivity (Wildman–Crippen MR) is 101 cm³/mol. The van der Waals surface area contributed by atoms with Crippen molar-refractivity contribution in [3.05, 3.63) is 47.4 Å². The van der Waals surface area contributed by atoms with Gasteiger partial charge in [0.15, 0.2) is 0 Å². The third-order valence-electron chi connectivity index (χ3n) is 6.42. The minimum Gasteiger partial charge on any atom is -0.351 e. The quantitative estimate of drug-likeness (QED) is 0.869. The summed E-state index contributed by atoms with van der Waals surface area (Å²) in [6.45, 7) is 0.380. The predicted octanol–water partition coefficient (Wildman–Crippen LogP) is 4.06. The van der Waals surface area contributed by atoms with E-state index < -0.39 is 5.41 Å². The molecule has 0 aromatic heterocycles. The summed E-state index contributed by atoms with van der Waals surface area (Å²) in [5, 5.41) is 3.06. The first-order valence-corrected chi connectivity index (χ1v) is 10.2. The molecule has 2 aliphatic carbocycles. The van der Waals surface area contributed by atoms with Gasteiger partial charge in [-0.3, -0.25) is 9.59 Å². The van der Waals surface area contributed by atoms with Gasteiger partial charge in [0.25, 0.3) is 0 Å². The second kappa shape index (κ2) is 7.45. The van der Waals surface area contributed by atoms with Crippen molar-refractivity contribution in [3.63, 3.8) is 0 Å². The van der Waals surface area contributed by atoms with Crippen LogP contribution in [0, 0.1) is 11.2 Å². The van der Waals surface area contributed by atoms with Crippen LogP contribution in [-0.2, 0) is 16.1 Å². The van der Waals surface area contributed by atoms with E-state index in [2.05, 4.69) is 11.4 Å². The van der Waals surface area contributed by atoms with Crippen molar-refractivity contribution >= 4 is 11.8 Å². The number of carbonyl (C=O) groups is 2. The number of likely N-dealkylation sites (tertiary alicyclic amines) is 1. The fourth-order valence-electron chi connectivity index (χ4n) is 4.98. The molecule has 1 N–H and O–H groups in total. The summed E-state index contributed by atoms with van der Waals surface area (Å²) in [7, 11) is 0. The van der Waals surface area contributed by atoms with Gasteiger partial charge in [0.05, 0.1) is 5.41 Å². The van der Waals surface area contributed by atoms with E-state index in [1.807, 2.05) is 4.90 Å². The lowest BCUT2D eigenvalue weighted by atomic mass is 9.68. The van der Waals surface area contributed by atoms with Crippen molar-refractivity contribution in [2.75, 3.05) is 0 Å². The highest BCUT2D eigenvalue weighted by Crippen LogP contribution is 2.49. The Morgan fingerprint density at radius 3 is 2.63 bits per heavy atom. The Labute approximate surface area is 159 Å². The fraction of sp³-hybridized carbons (Fsp3) is 0.545.